The van der Waals surface area contributed by atoms with E-state index in [9.17, 15) is 4.79 Å². The molecule has 2 amide bonds. The van der Waals surface area contributed by atoms with Crippen LogP contribution in [0.3, 0.4) is 0 Å². The summed E-state index contributed by atoms with van der Waals surface area (Å²) < 4.78 is 7.48. The van der Waals surface area contributed by atoms with Crippen molar-refractivity contribution in [3.8, 4) is 5.75 Å². The number of hydrogen-bond acceptors (Lipinski definition) is 4. The molecule has 0 spiro atoms. The molecule has 7 heteroatoms. The minimum absolute atomic E-state index is 0.0333. The Balaban J connectivity index is 1.59. The zero-order chi connectivity index (χ0) is 15.4. The minimum atomic E-state index is -0.215. The van der Waals surface area contributed by atoms with E-state index in [1.807, 2.05) is 35.8 Å². The number of benzene rings is 1. The summed E-state index contributed by atoms with van der Waals surface area (Å²) in [7, 11) is 0. The molecule has 0 saturated heterocycles. The van der Waals surface area contributed by atoms with Crippen LogP contribution in [0.5, 0.6) is 5.75 Å². The number of urea groups is 1. The molecule has 0 radical (unpaired) electrons. The van der Waals surface area contributed by atoms with E-state index in [0.717, 1.165) is 30.1 Å². The molecule has 0 unspecified atom stereocenters. The van der Waals surface area contributed by atoms with Crippen LogP contribution in [-0.4, -0.2) is 27.4 Å². The normalized spacial score (nSPS) is 16.5. The molecular formula is C15H19N5O2. The van der Waals surface area contributed by atoms with E-state index in [0.29, 0.717) is 13.2 Å². The van der Waals surface area contributed by atoms with Crippen LogP contribution in [0.1, 0.15) is 30.8 Å². The lowest BCUT2D eigenvalue weighted by atomic mass is 10.0. The van der Waals surface area contributed by atoms with Gasteiger partial charge >= 0.3 is 6.03 Å². The van der Waals surface area contributed by atoms with Gasteiger partial charge in [-0.15, -0.1) is 10.2 Å². The number of fused-ring (bicyclic) bond motifs is 1. The number of nitrogens with zero attached hydrogens (tertiary/aromatic N) is 3. The topological polar surface area (TPSA) is 81.1 Å². The second-order valence-corrected chi connectivity index (χ2v) is 5.09. The molecule has 1 aromatic heterocycles. The third kappa shape index (κ3) is 3.03. The van der Waals surface area contributed by atoms with E-state index < -0.39 is 0 Å². The molecular weight excluding hydrogens is 282 g/mol. The largest absolute Gasteiger partial charge is 0.493 e. The highest BCUT2D eigenvalue weighted by Gasteiger charge is 2.22. The number of nitrogens with one attached hydrogen (secondary N) is 2. The van der Waals surface area contributed by atoms with E-state index in [-0.39, 0.29) is 12.1 Å². The maximum atomic E-state index is 12.1. The molecule has 2 heterocycles. The first-order valence-electron chi connectivity index (χ1n) is 7.40. The van der Waals surface area contributed by atoms with Crippen molar-refractivity contribution in [3.05, 3.63) is 42.0 Å². The Kier molecular flexibility index (Phi) is 4.22. The second kappa shape index (κ2) is 6.46. The van der Waals surface area contributed by atoms with Gasteiger partial charge in [-0.1, -0.05) is 18.2 Å². The zero-order valence-corrected chi connectivity index (χ0v) is 12.5. The average molecular weight is 301 g/mol. The molecule has 2 N–H and O–H groups in total. The predicted molar refractivity (Wildman–Crippen MR) is 80.4 cm³/mol. The molecule has 0 saturated carbocycles. The van der Waals surface area contributed by atoms with Crippen molar-refractivity contribution >= 4 is 6.03 Å². The molecule has 0 aliphatic carbocycles. The van der Waals surface area contributed by atoms with Gasteiger partial charge in [0.05, 0.1) is 19.2 Å². The molecule has 1 aliphatic heterocycles. The van der Waals surface area contributed by atoms with Crippen molar-refractivity contribution in [2.24, 2.45) is 0 Å². The molecule has 22 heavy (non-hydrogen) atoms. The summed E-state index contributed by atoms with van der Waals surface area (Å²) in [5.74, 6) is 1.58. The summed E-state index contributed by atoms with van der Waals surface area (Å²) in [6.45, 7) is 3.74. The minimum Gasteiger partial charge on any atom is -0.493 e. The maximum absolute atomic E-state index is 12.1. The van der Waals surface area contributed by atoms with Crippen molar-refractivity contribution in [1.82, 2.24) is 25.4 Å². The van der Waals surface area contributed by atoms with Crippen LogP contribution in [0.4, 0.5) is 4.79 Å². The fourth-order valence-corrected chi connectivity index (χ4v) is 2.54. The zero-order valence-electron chi connectivity index (χ0n) is 12.5. The lowest BCUT2D eigenvalue weighted by Crippen LogP contribution is -2.39. The Labute approximate surface area is 128 Å². The lowest BCUT2D eigenvalue weighted by Gasteiger charge is -2.26. The van der Waals surface area contributed by atoms with Gasteiger partial charge in [-0.25, -0.2) is 4.79 Å². The van der Waals surface area contributed by atoms with Crippen molar-refractivity contribution in [2.45, 2.75) is 32.5 Å². The van der Waals surface area contributed by atoms with Gasteiger partial charge in [-0.2, -0.15) is 0 Å². The molecule has 7 nitrogen and oxygen atoms in total. The molecule has 1 aromatic carbocycles. The summed E-state index contributed by atoms with van der Waals surface area (Å²) in [5.41, 5.74) is 1.01. The number of hydrogen-bond donors (Lipinski definition) is 2. The molecule has 0 bridgehead atoms. The highest BCUT2D eigenvalue weighted by atomic mass is 16.5. The van der Waals surface area contributed by atoms with Gasteiger partial charge in [0.15, 0.2) is 5.82 Å². The highest BCUT2D eigenvalue weighted by Crippen LogP contribution is 2.31. The van der Waals surface area contributed by atoms with E-state index in [1.54, 1.807) is 6.33 Å². The number of amides is 2. The molecule has 3 rings (SSSR count). The molecule has 1 atom stereocenters. The van der Waals surface area contributed by atoms with Crippen LogP contribution in [0.2, 0.25) is 0 Å². The van der Waals surface area contributed by atoms with E-state index in [2.05, 4.69) is 20.8 Å². The highest BCUT2D eigenvalue weighted by molar-refractivity contribution is 5.74. The van der Waals surface area contributed by atoms with Gasteiger partial charge in [-0.05, 0) is 13.0 Å². The van der Waals surface area contributed by atoms with Crippen LogP contribution in [-0.2, 0) is 13.1 Å². The summed E-state index contributed by atoms with van der Waals surface area (Å²) >= 11 is 0. The van der Waals surface area contributed by atoms with E-state index >= 15 is 0 Å². The lowest BCUT2D eigenvalue weighted by molar-refractivity contribution is 0.223. The van der Waals surface area contributed by atoms with Crippen molar-refractivity contribution in [1.29, 1.82) is 0 Å². The SMILES string of the molecule is CCn1cnnc1CNC(=O)N[C@H]1CCOc2ccccc21. The average Bonchev–Trinajstić information content (AvgIpc) is 3.01. The Morgan fingerprint density at radius 3 is 3.18 bits per heavy atom. The number of rotatable bonds is 4. The quantitative estimate of drug-likeness (QED) is 0.899. The second-order valence-electron chi connectivity index (χ2n) is 5.09. The van der Waals surface area contributed by atoms with Gasteiger partial charge in [0.25, 0.3) is 0 Å². The summed E-state index contributed by atoms with van der Waals surface area (Å²) in [6.07, 6.45) is 2.42. The molecule has 2 aromatic rings. The van der Waals surface area contributed by atoms with Gasteiger partial charge in [0, 0.05) is 18.5 Å². The fourth-order valence-electron chi connectivity index (χ4n) is 2.54. The van der Waals surface area contributed by atoms with Crippen molar-refractivity contribution in [2.75, 3.05) is 6.61 Å². The third-order valence-corrected chi connectivity index (χ3v) is 3.71. The smallest absolute Gasteiger partial charge is 0.315 e. The van der Waals surface area contributed by atoms with Crippen LogP contribution in [0.15, 0.2) is 30.6 Å². The molecule has 0 fully saturated rings. The number of ether oxygens (including phenoxy) is 1. The maximum Gasteiger partial charge on any atom is 0.315 e. The first-order valence-corrected chi connectivity index (χ1v) is 7.40. The third-order valence-electron chi connectivity index (χ3n) is 3.71. The molecule has 1 aliphatic rings. The molecule has 116 valence electrons. The number of aromatic nitrogens is 3. The first-order chi connectivity index (χ1) is 10.8. The Morgan fingerprint density at radius 1 is 1.45 bits per heavy atom. The van der Waals surface area contributed by atoms with Crippen LogP contribution in [0, 0.1) is 0 Å². The number of aryl methyl sites for hydroxylation is 1. The predicted octanol–water partition coefficient (Wildman–Crippen LogP) is 1.62. The Morgan fingerprint density at radius 2 is 2.32 bits per heavy atom. The van der Waals surface area contributed by atoms with Crippen LogP contribution >= 0.6 is 0 Å². The summed E-state index contributed by atoms with van der Waals surface area (Å²) in [5, 5.41) is 13.6. The number of para-hydroxylation sites is 1. The van der Waals surface area contributed by atoms with Crippen LogP contribution < -0.4 is 15.4 Å². The first kappa shape index (κ1) is 14.4. The Bertz CT molecular complexity index is 655. The van der Waals surface area contributed by atoms with E-state index in [1.165, 1.54) is 0 Å². The van der Waals surface area contributed by atoms with Crippen LogP contribution in [0.25, 0.3) is 0 Å². The van der Waals surface area contributed by atoms with Gasteiger partial charge < -0.3 is 19.9 Å². The monoisotopic (exact) mass is 301 g/mol. The van der Waals surface area contributed by atoms with Gasteiger partial charge in [-0.3, -0.25) is 0 Å². The summed E-state index contributed by atoms with van der Waals surface area (Å²) in [4.78, 5) is 12.1. The van der Waals surface area contributed by atoms with Gasteiger partial charge in [0.2, 0.25) is 0 Å². The number of carbonyl (C=O) groups excluding carboxylic acids is 1. The Hall–Kier alpha value is -2.57. The standard InChI is InChI=1S/C15H19N5O2/c1-2-20-10-17-19-14(20)9-16-15(21)18-12-7-8-22-13-6-4-3-5-11(12)13/h3-6,10,12H,2,7-9H2,1H3,(H2,16,18,21)/t12-/m0/s1. The van der Waals surface area contributed by atoms with Crippen molar-refractivity contribution in [3.63, 3.8) is 0 Å². The summed E-state index contributed by atoms with van der Waals surface area (Å²) in [6, 6.07) is 7.53. The van der Waals surface area contributed by atoms with E-state index in [4.69, 9.17) is 4.74 Å². The fraction of sp³-hybridized carbons (Fsp3) is 0.400. The van der Waals surface area contributed by atoms with Gasteiger partial charge in [0.1, 0.15) is 12.1 Å². The number of carbonyl (C=O) groups is 1. The van der Waals surface area contributed by atoms with Crippen molar-refractivity contribution < 1.29 is 9.53 Å².